The molecule has 167 valence electrons. The Balaban J connectivity index is 1.82. The van der Waals surface area contributed by atoms with E-state index in [9.17, 15) is 0 Å². The fourth-order valence-electron chi connectivity index (χ4n) is 4.19. The van der Waals surface area contributed by atoms with Crippen LogP contribution in [0.5, 0.6) is 0 Å². The molecule has 0 unspecified atom stereocenters. The van der Waals surface area contributed by atoms with Gasteiger partial charge in [-0.05, 0) is 112 Å². The summed E-state index contributed by atoms with van der Waals surface area (Å²) in [5.41, 5.74) is 9.05. The largest absolute Gasteiger partial charge is 0.265 e. The van der Waals surface area contributed by atoms with Gasteiger partial charge in [-0.15, -0.1) is 0 Å². The van der Waals surface area contributed by atoms with Crippen molar-refractivity contribution in [3.8, 4) is 0 Å². The van der Waals surface area contributed by atoms with Crippen molar-refractivity contribution in [2.24, 2.45) is 20.0 Å². The van der Waals surface area contributed by atoms with E-state index in [0.29, 0.717) is 0 Å². The second-order valence-corrected chi connectivity index (χ2v) is 7.92. The Labute approximate surface area is 205 Å². The average molecular weight is 453 g/mol. The Morgan fingerprint density at radius 2 is 0.800 bits per heavy atom. The highest BCUT2D eigenvalue weighted by Crippen LogP contribution is 2.39. The molecular formula is C28H22BN6. The highest BCUT2D eigenvalue weighted by atomic mass is 15.6. The number of hydrogen-bond donors (Lipinski definition) is 0. The van der Waals surface area contributed by atoms with Gasteiger partial charge >= 0.3 is 0 Å². The van der Waals surface area contributed by atoms with Crippen molar-refractivity contribution in [3.05, 3.63) is 84.9 Å². The molecule has 6 nitrogen and oxygen atoms in total. The van der Waals surface area contributed by atoms with Crippen LogP contribution < -0.4 is 20.9 Å². The molecule has 0 spiro atoms. The normalized spacial score (nSPS) is 12.0. The van der Waals surface area contributed by atoms with Gasteiger partial charge in [-0.25, -0.2) is 10.0 Å². The zero-order chi connectivity index (χ0) is 24.4. The summed E-state index contributed by atoms with van der Waals surface area (Å²) in [6, 6.07) is 28.0. The molecule has 1 heterocycles. The first-order valence-corrected chi connectivity index (χ1v) is 10.9. The van der Waals surface area contributed by atoms with Gasteiger partial charge in [0, 0.05) is 0 Å². The van der Waals surface area contributed by atoms with Crippen LogP contribution in [0, 0.1) is 0 Å². The maximum atomic E-state index is 4.15. The van der Waals surface area contributed by atoms with Crippen LogP contribution in [0.2, 0.25) is 0 Å². The molecule has 0 fully saturated rings. The minimum atomic E-state index is 0.792. The van der Waals surface area contributed by atoms with Crippen LogP contribution in [0.1, 0.15) is 0 Å². The van der Waals surface area contributed by atoms with Crippen molar-refractivity contribution in [2.75, 3.05) is 10.0 Å². The lowest BCUT2D eigenvalue weighted by Crippen LogP contribution is -2.37. The Morgan fingerprint density at radius 1 is 0.457 bits per heavy atom. The number of hydrazine groups is 1. The molecule has 1 radical (unpaired) electrons. The molecule has 1 aliphatic rings. The molecule has 7 heteroatoms. The SMILES string of the molecule is C=Nc1ccc(N2c3ccc(N=C)cc3[B]c3cc(N=C)ccc3N2c2ccc(N=C)cc2)cc1. The predicted octanol–water partition coefficient (Wildman–Crippen LogP) is 5.87. The lowest BCUT2D eigenvalue weighted by molar-refractivity contribution is 1.000. The zero-order valence-electron chi connectivity index (χ0n) is 19.2. The second kappa shape index (κ2) is 9.23. The van der Waals surface area contributed by atoms with Gasteiger partial charge in [0.05, 0.1) is 45.5 Å². The quantitative estimate of drug-likeness (QED) is 0.271. The van der Waals surface area contributed by atoms with Gasteiger partial charge in [-0.3, -0.25) is 20.0 Å². The molecule has 0 amide bonds. The van der Waals surface area contributed by atoms with Crippen LogP contribution in [0.3, 0.4) is 0 Å². The Bertz CT molecular complexity index is 1330. The molecule has 1 aliphatic heterocycles. The van der Waals surface area contributed by atoms with Crippen molar-refractivity contribution in [2.45, 2.75) is 0 Å². The number of rotatable bonds is 6. The molecule has 0 bridgehead atoms. The molecule has 0 saturated heterocycles. The molecule has 4 aromatic carbocycles. The maximum absolute atomic E-state index is 4.15. The highest BCUT2D eigenvalue weighted by Gasteiger charge is 2.29. The van der Waals surface area contributed by atoms with Crippen LogP contribution >= 0.6 is 0 Å². The van der Waals surface area contributed by atoms with Gasteiger partial charge in [-0.2, -0.15) is 0 Å². The Kier molecular flexibility index (Phi) is 5.81. The molecule has 0 saturated carbocycles. The first kappa shape index (κ1) is 22.0. The summed E-state index contributed by atoms with van der Waals surface area (Å²) in [7, 11) is 2.14. The number of anilines is 4. The third-order valence-corrected chi connectivity index (χ3v) is 5.91. The number of fused-ring (bicyclic) bond motifs is 2. The van der Waals surface area contributed by atoms with E-state index in [4.69, 9.17) is 0 Å². The van der Waals surface area contributed by atoms with Crippen molar-refractivity contribution in [1.29, 1.82) is 0 Å². The van der Waals surface area contributed by atoms with Gasteiger partial charge in [0.25, 0.3) is 0 Å². The van der Waals surface area contributed by atoms with Crippen molar-refractivity contribution in [3.63, 3.8) is 0 Å². The third kappa shape index (κ3) is 4.04. The summed E-state index contributed by atoms with van der Waals surface area (Å²) in [6.07, 6.45) is 0. The van der Waals surface area contributed by atoms with E-state index in [1.54, 1.807) is 0 Å². The molecule has 4 aromatic rings. The minimum absolute atomic E-state index is 0.792. The van der Waals surface area contributed by atoms with E-state index in [0.717, 1.165) is 56.4 Å². The van der Waals surface area contributed by atoms with Gasteiger partial charge in [0.15, 0.2) is 7.28 Å². The summed E-state index contributed by atoms with van der Waals surface area (Å²) in [6.45, 7) is 14.7. The fourth-order valence-corrected chi connectivity index (χ4v) is 4.19. The number of nitrogens with zero attached hydrogens (tertiary/aromatic N) is 6. The molecular weight excluding hydrogens is 431 g/mol. The minimum Gasteiger partial charge on any atom is -0.265 e. The first-order chi connectivity index (χ1) is 17.1. The van der Waals surface area contributed by atoms with Crippen LogP contribution in [-0.2, 0) is 0 Å². The van der Waals surface area contributed by atoms with E-state index in [2.05, 4.69) is 76.3 Å². The monoisotopic (exact) mass is 453 g/mol. The summed E-state index contributed by atoms with van der Waals surface area (Å²) in [5, 5.41) is 4.35. The maximum Gasteiger partial charge on any atom is 0.197 e. The standard InChI is InChI=1S/C28H22BN6/c1-30-19-5-11-23(12-6-19)34-27-15-9-21(32-3)17-25(27)29-26-18-22(33-4)10-16-28(26)35(34)24-13-7-20(31-2)8-14-24/h5-18H,1-4H2. The van der Waals surface area contributed by atoms with Crippen molar-refractivity contribution in [1.82, 2.24) is 0 Å². The second-order valence-electron chi connectivity index (χ2n) is 7.92. The molecule has 35 heavy (non-hydrogen) atoms. The van der Waals surface area contributed by atoms with Crippen molar-refractivity contribution < 1.29 is 0 Å². The predicted molar refractivity (Wildman–Crippen MR) is 152 cm³/mol. The number of aliphatic imine (C=N–C) groups is 4. The van der Waals surface area contributed by atoms with Gasteiger partial charge in [-0.1, -0.05) is 10.9 Å². The van der Waals surface area contributed by atoms with E-state index < -0.39 is 0 Å². The van der Waals surface area contributed by atoms with E-state index in [1.165, 1.54) is 0 Å². The summed E-state index contributed by atoms with van der Waals surface area (Å²) < 4.78 is 0. The lowest BCUT2D eigenvalue weighted by atomic mass is 9.62. The topological polar surface area (TPSA) is 55.9 Å². The Morgan fingerprint density at radius 3 is 1.14 bits per heavy atom. The number of hydrogen-bond acceptors (Lipinski definition) is 6. The molecule has 0 N–H and O–H groups in total. The molecule has 0 atom stereocenters. The van der Waals surface area contributed by atoms with Crippen LogP contribution in [0.4, 0.5) is 45.5 Å². The third-order valence-electron chi connectivity index (χ3n) is 5.91. The van der Waals surface area contributed by atoms with Gasteiger partial charge in [0.2, 0.25) is 0 Å². The van der Waals surface area contributed by atoms with Crippen LogP contribution in [0.25, 0.3) is 0 Å². The molecule has 0 aliphatic carbocycles. The summed E-state index contributed by atoms with van der Waals surface area (Å²) >= 11 is 0. The van der Waals surface area contributed by atoms with Crippen molar-refractivity contribution >= 4 is 90.6 Å². The first-order valence-electron chi connectivity index (χ1n) is 10.9. The molecule has 5 rings (SSSR count). The van der Waals surface area contributed by atoms with Gasteiger partial charge in [0.1, 0.15) is 0 Å². The molecule has 0 aromatic heterocycles. The number of benzene rings is 4. The Hall–Kier alpha value is -4.78. The summed E-state index contributed by atoms with van der Waals surface area (Å²) in [5.74, 6) is 0. The van der Waals surface area contributed by atoms with E-state index in [1.807, 2.05) is 72.8 Å². The summed E-state index contributed by atoms with van der Waals surface area (Å²) in [4.78, 5) is 16.4. The van der Waals surface area contributed by atoms with Gasteiger partial charge < -0.3 is 0 Å². The fraction of sp³-hybridized carbons (Fsp3) is 0. The van der Waals surface area contributed by atoms with Crippen LogP contribution in [0.15, 0.2) is 105 Å². The zero-order valence-corrected chi connectivity index (χ0v) is 19.2. The van der Waals surface area contributed by atoms with Crippen LogP contribution in [-0.4, -0.2) is 34.1 Å². The van der Waals surface area contributed by atoms with E-state index in [-0.39, 0.29) is 0 Å². The average Bonchev–Trinajstić information content (AvgIpc) is 3.06. The highest BCUT2D eigenvalue weighted by molar-refractivity contribution is 6.71. The lowest BCUT2D eigenvalue weighted by Gasteiger charge is -2.38. The van der Waals surface area contributed by atoms with E-state index >= 15 is 0 Å². The smallest absolute Gasteiger partial charge is 0.197 e.